The van der Waals surface area contributed by atoms with E-state index in [-0.39, 0.29) is 11.6 Å². The van der Waals surface area contributed by atoms with E-state index in [0.29, 0.717) is 32.6 Å². The first kappa shape index (κ1) is 20.2. The van der Waals surface area contributed by atoms with Gasteiger partial charge in [0.1, 0.15) is 5.70 Å². The maximum Gasteiger partial charge on any atom is 0.282 e. The second-order valence-corrected chi connectivity index (χ2v) is 7.95. The van der Waals surface area contributed by atoms with Crippen molar-refractivity contribution in [1.29, 1.82) is 0 Å². The van der Waals surface area contributed by atoms with E-state index in [1.165, 1.54) is 4.90 Å². The van der Waals surface area contributed by atoms with Gasteiger partial charge in [0.15, 0.2) is 0 Å². The van der Waals surface area contributed by atoms with Gasteiger partial charge >= 0.3 is 0 Å². The molecule has 1 aliphatic rings. The number of carbonyl (C=O) groups excluding carboxylic acids is 2. The molecule has 0 saturated carbocycles. The molecule has 0 fully saturated rings. The molecule has 0 unspecified atom stereocenters. The largest absolute Gasteiger partial charge is 0.350 e. The number of carbonyl (C=O) groups is 2. The van der Waals surface area contributed by atoms with Crippen LogP contribution in [0.2, 0.25) is 10.0 Å². The van der Waals surface area contributed by atoms with Gasteiger partial charge in [0.05, 0.1) is 11.3 Å². The molecule has 6 heteroatoms. The van der Waals surface area contributed by atoms with E-state index in [9.17, 15) is 9.59 Å². The van der Waals surface area contributed by atoms with Crippen molar-refractivity contribution >= 4 is 52.0 Å². The zero-order valence-corrected chi connectivity index (χ0v) is 17.9. The summed E-state index contributed by atoms with van der Waals surface area (Å²) in [5.74, 6) is -0.808. The monoisotopic (exact) mass is 436 g/mol. The predicted molar refractivity (Wildman–Crippen MR) is 122 cm³/mol. The number of anilines is 2. The van der Waals surface area contributed by atoms with E-state index in [1.807, 2.05) is 32.0 Å². The van der Waals surface area contributed by atoms with Crippen LogP contribution in [0.3, 0.4) is 0 Å². The van der Waals surface area contributed by atoms with Crippen LogP contribution in [-0.2, 0) is 9.59 Å². The molecule has 1 aliphatic heterocycles. The maximum absolute atomic E-state index is 13.5. The van der Waals surface area contributed by atoms with Gasteiger partial charge in [-0.3, -0.25) is 9.59 Å². The van der Waals surface area contributed by atoms with Crippen molar-refractivity contribution in [3.8, 4) is 0 Å². The summed E-state index contributed by atoms with van der Waals surface area (Å²) in [4.78, 5) is 28.1. The van der Waals surface area contributed by atoms with Crippen LogP contribution in [0.15, 0.2) is 72.4 Å². The zero-order valence-electron chi connectivity index (χ0n) is 16.4. The highest BCUT2D eigenvalue weighted by Gasteiger charge is 2.40. The predicted octanol–water partition coefficient (Wildman–Crippen LogP) is 6.01. The normalized spacial score (nSPS) is 13.9. The minimum absolute atomic E-state index is 0.205. The molecule has 0 bridgehead atoms. The SMILES string of the molecule is Cc1ccc(Cl)cc1NC1=C(c2ccc(Cl)cc2)C(=O)N(c2ccccc2C)C1=O. The summed E-state index contributed by atoms with van der Waals surface area (Å²) in [6, 6.07) is 19.5. The zero-order chi connectivity index (χ0) is 21.4. The fraction of sp³-hybridized carbons (Fsp3) is 0.0833. The number of imide groups is 1. The van der Waals surface area contributed by atoms with E-state index < -0.39 is 5.91 Å². The number of para-hydroxylation sites is 1. The molecule has 0 aromatic heterocycles. The van der Waals surface area contributed by atoms with E-state index in [0.717, 1.165) is 11.1 Å². The van der Waals surface area contributed by atoms with Gasteiger partial charge in [-0.1, -0.05) is 59.6 Å². The van der Waals surface area contributed by atoms with Gasteiger partial charge in [-0.25, -0.2) is 4.90 Å². The van der Waals surface area contributed by atoms with Crippen LogP contribution < -0.4 is 10.2 Å². The molecule has 4 rings (SSSR count). The van der Waals surface area contributed by atoms with Crippen molar-refractivity contribution in [3.63, 3.8) is 0 Å². The molecule has 0 radical (unpaired) electrons. The summed E-state index contributed by atoms with van der Waals surface area (Å²) in [6.45, 7) is 3.77. The number of halogens is 2. The van der Waals surface area contributed by atoms with Gasteiger partial charge in [-0.05, 0) is 60.9 Å². The summed E-state index contributed by atoms with van der Waals surface area (Å²) in [5.41, 5.74) is 4.05. The number of nitrogens with zero attached hydrogens (tertiary/aromatic N) is 1. The second-order valence-electron chi connectivity index (χ2n) is 7.07. The molecular weight excluding hydrogens is 419 g/mol. The van der Waals surface area contributed by atoms with E-state index in [2.05, 4.69) is 5.32 Å². The lowest BCUT2D eigenvalue weighted by atomic mass is 10.0. The van der Waals surface area contributed by atoms with Gasteiger partial charge in [0.2, 0.25) is 0 Å². The lowest BCUT2D eigenvalue weighted by molar-refractivity contribution is -0.120. The van der Waals surface area contributed by atoms with Crippen LogP contribution in [0.25, 0.3) is 5.57 Å². The van der Waals surface area contributed by atoms with Crippen molar-refractivity contribution in [1.82, 2.24) is 0 Å². The van der Waals surface area contributed by atoms with Crippen LogP contribution in [0, 0.1) is 13.8 Å². The summed E-state index contributed by atoms with van der Waals surface area (Å²) in [6.07, 6.45) is 0. The molecule has 0 spiro atoms. The molecule has 0 saturated heterocycles. The van der Waals surface area contributed by atoms with Gasteiger partial charge in [-0.2, -0.15) is 0 Å². The quantitative estimate of drug-likeness (QED) is 0.509. The van der Waals surface area contributed by atoms with Gasteiger partial charge in [0.25, 0.3) is 11.8 Å². The van der Waals surface area contributed by atoms with E-state index in [4.69, 9.17) is 23.2 Å². The van der Waals surface area contributed by atoms with Crippen LogP contribution >= 0.6 is 23.2 Å². The molecule has 2 amide bonds. The minimum Gasteiger partial charge on any atom is -0.350 e. The van der Waals surface area contributed by atoms with Crippen molar-refractivity contribution in [2.75, 3.05) is 10.2 Å². The fourth-order valence-corrected chi connectivity index (χ4v) is 3.72. The summed E-state index contributed by atoms with van der Waals surface area (Å²) >= 11 is 12.2. The first-order valence-corrected chi connectivity index (χ1v) is 10.1. The number of benzene rings is 3. The van der Waals surface area contributed by atoms with Crippen molar-refractivity contribution in [3.05, 3.63) is 99.2 Å². The Morgan fingerprint density at radius 1 is 0.767 bits per heavy atom. The van der Waals surface area contributed by atoms with Crippen molar-refractivity contribution < 1.29 is 9.59 Å². The third kappa shape index (κ3) is 3.60. The Kier molecular flexibility index (Phi) is 5.37. The van der Waals surface area contributed by atoms with Gasteiger partial charge < -0.3 is 5.32 Å². The Morgan fingerprint density at radius 3 is 2.13 bits per heavy atom. The third-order valence-corrected chi connectivity index (χ3v) is 5.52. The number of nitrogens with one attached hydrogen (secondary N) is 1. The first-order chi connectivity index (χ1) is 14.4. The standard InChI is InChI=1S/C24H18Cl2N2O2/c1-14-7-10-18(26)13-19(14)27-22-21(16-8-11-17(25)12-9-16)23(29)28(24(22)30)20-6-4-3-5-15(20)2/h3-13,27H,1-2H3. The number of hydrogen-bond acceptors (Lipinski definition) is 3. The number of hydrogen-bond donors (Lipinski definition) is 1. The Morgan fingerprint density at radius 2 is 1.43 bits per heavy atom. The molecule has 1 N–H and O–H groups in total. The molecule has 0 aliphatic carbocycles. The minimum atomic E-state index is -0.418. The van der Waals surface area contributed by atoms with Crippen LogP contribution in [-0.4, -0.2) is 11.8 Å². The lowest BCUT2D eigenvalue weighted by Crippen LogP contribution is -2.33. The molecule has 1 heterocycles. The number of rotatable bonds is 4. The molecule has 30 heavy (non-hydrogen) atoms. The highest BCUT2D eigenvalue weighted by atomic mass is 35.5. The number of amides is 2. The molecule has 3 aromatic carbocycles. The maximum atomic E-state index is 13.5. The van der Waals surface area contributed by atoms with Crippen LogP contribution in [0.5, 0.6) is 0 Å². The highest BCUT2D eigenvalue weighted by molar-refractivity contribution is 6.46. The summed E-state index contributed by atoms with van der Waals surface area (Å²) in [5, 5.41) is 4.24. The van der Waals surface area contributed by atoms with Crippen molar-refractivity contribution in [2.45, 2.75) is 13.8 Å². The Bertz CT molecular complexity index is 1200. The van der Waals surface area contributed by atoms with E-state index >= 15 is 0 Å². The van der Waals surface area contributed by atoms with Crippen LogP contribution in [0.1, 0.15) is 16.7 Å². The first-order valence-electron chi connectivity index (χ1n) is 9.34. The average Bonchev–Trinajstić information content (AvgIpc) is 2.96. The highest BCUT2D eigenvalue weighted by Crippen LogP contribution is 2.36. The Balaban J connectivity index is 1.87. The smallest absolute Gasteiger partial charge is 0.282 e. The molecule has 0 atom stereocenters. The topological polar surface area (TPSA) is 49.4 Å². The van der Waals surface area contributed by atoms with E-state index in [1.54, 1.807) is 48.5 Å². The molecular formula is C24H18Cl2N2O2. The Labute approximate surface area is 184 Å². The van der Waals surface area contributed by atoms with Crippen molar-refractivity contribution in [2.24, 2.45) is 0 Å². The second kappa shape index (κ2) is 7.98. The van der Waals surface area contributed by atoms with Crippen LogP contribution in [0.4, 0.5) is 11.4 Å². The number of aryl methyl sites for hydroxylation is 2. The summed E-state index contributed by atoms with van der Waals surface area (Å²) in [7, 11) is 0. The Hall–Kier alpha value is -3.08. The van der Waals surface area contributed by atoms with Gasteiger partial charge in [0, 0.05) is 15.7 Å². The average molecular weight is 437 g/mol. The fourth-order valence-electron chi connectivity index (χ4n) is 3.43. The summed E-state index contributed by atoms with van der Waals surface area (Å²) < 4.78 is 0. The third-order valence-electron chi connectivity index (χ3n) is 5.03. The van der Waals surface area contributed by atoms with Gasteiger partial charge in [-0.15, -0.1) is 0 Å². The lowest BCUT2D eigenvalue weighted by Gasteiger charge is -2.18. The molecule has 4 nitrogen and oxygen atoms in total. The molecule has 3 aromatic rings. The molecule has 150 valence electrons.